The largest absolute Gasteiger partial charge is 0.480 e. The van der Waals surface area contributed by atoms with Gasteiger partial charge in [0, 0.05) is 31.5 Å². The predicted octanol–water partition coefficient (Wildman–Crippen LogP) is 4.37. The molecule has 222 valence electrons. The highest BCUT2D eigenvalue weighted by Crippen LogP contribution is 2.27. The number of aliphatic carboxylic acids is 1. The zero-order valence-corrected chi connectivity index (χ0v) is 24.9. The Labute approximate surface area is 242 Å². The van der Waals surface area contributed by atoms with Gasteiger partial charge in [0.25, 0.3) is 0 Å². The number of carbonyl (C=O) groups is 3. The molecule has 2 aromatic carbocycles. The summed E-state index contributed by atoms with van der Waals surface area (Å²) in [5, 5.41) is 19.8. The summed E-state index contributed by atoms with van der Waals surface area (Å²) in [5.41, 5.74) is 3.78. The van der Waals surface area contributed by atoms with Gasteiger partial charge in [0.2, 0.25) is 15.9 Å². The molecule has 10 heteroatoms. The van der Waals surface area contributed by atoms with Crippen LogP contribution in [0, 0.1) is 19.3 Å². The van der Waals surface area contributed by atoms with Gasteiger partial charge in [-0.2, -0.15) is 4.31 Å². The summed E-state index contributed by atoms with van der Waals surface area (Å²) in [7, 11) is -3.93. The Morgan fingerprint density at radius 3 is 2.22 bits per heavy atom. The molecular weight excluding hydrogens is 542 g/mol. The summed E-state index contributed by atoms with van der Waals surface area (Å²) < 4.78 is 27.9. The van der Waals surface area contributed by atoms with E-state index in [0.29, 0.717) is 37.0 Å². The highest BCUT2D eigenvalue weighted by atomic mass is 32.2. The first-order valence-corrected chi connectivity index (χ1v) is 15.6. The first kappa shape index (κ1) is 32.1. The molecule has 1 heterocycles. The molecule has 41 heavy (non-hydrogen) atoms. The fourth-order valence-corrected chi connectivity index (χ4v) is 7.06. The van der Waals surface area contributed by atoms with E-state index in [2.05, 4.69) is 5.32 Å². The van der Waals surface area contributed by atoms with Crippen LogP contribution in [0.2, 0.25) is 0 Å². The number of sulfonamides is 1. The van der Waals surface area contributed by atoms with E-state index in [-0.39, 0.29) is 23.6 Å². The van der Waals surface area contributed by atoms with Gasteiger partial charge in [0.15, 0.2) is 0 Å². The molecule has 1 saturated heterocycles. The van der Waals surface area contributed by atoms with Crippen LogP contribution in [-0.4, -0.2) is 59.8 Å². The lowest BCUT2D eigenvalue weighted by molar-refractivity contribution is -0.142. The molecule has 1 aliphatic heterocycles. The van der Waals surface area contributed by atoms with Crippen molar-refractivity contribution >= 4 is 33.4 Å². The maximum Gasteiger partial charge on any atom is 0.326 e. The Hall–Kier alpha value is -3.37. The number of ketones is 1. The van der Waals surface area contributed by atoms with Crippen molar-refractivity contribution in [2.75, 3.05) is 6.54 Å². The SMILES string of the molecule is CC(=N)CCCCCC(=O)Cc1ccc(C[C@H](NC(=O)[C@@H]2CCCN2S(=O)(=O)c2cc(C)cc(C)c2)C(=O)O)cc1. The van der Waals surface area contributed by atoms with E-state index in [4.69, 9.17) is 5.41 Å². The van der Waals surface area contributed by atoms with E-state index in [1.54, 1.807) is 43.3 Å². The maximum absolute atomic E-state index is 13.4. The van der Waals surface area contributed by atoms with Gasteiger partial charge in [0.1, 0.15) is 17.9 Å². The van der Waals surface area contributed by atoms with Crippen molar-refractivity contribution in [2.24, 2.45) is 0 Å². The van der Waals surface area contributed by atoms with Gasteiger partial charge in [0.05, 0.1) is 4.90 Å². The summed E-state index contributed by atoms with van der Waals surface area (Å²) >= 11 is 0. The number of carboxylic acids is 1. The highest BCUT2D eigenvalue weighted by molar-refractivity contribution is 7.89. The van der Waals surface area contributed by atoms with E-state index < -0.39 is 34.0 Å². The molecule has 0 spiro atoms. The fraction of sp³-hybridized carbons (Fsp3) is 0.484. The summed E-state index contributed by atoms with van der Waals surface area (Å²) in [6.45, 7) is 5.60. The monoisotopic (exact) mass is 583 g/mol. The van der Waals surface area contributed by atoms with E-state index in [0.717, 1.165) is 42.4 Å². The zero-order valence-electron chi connectivity index (χ0n) is 24.1. The Kier molecular flexibility index (Phi) is 11.4. The topological polar surface area (TPSA) is 145 Å². The molecule has 3 N–H and O–H groups in total. The molecule has 1 fully saturated rings. The van der Waals surface area contributed by atoms with Gasteiger partial charge in [-0.15, -0.1) is 0 Å². The van der Waals surface area contributed by atoms with Crippen LogP contribution in [0.4, 0.5) is 0 Å². The molecule has 0 saturated carbocycles. The number of rotatable bonds is 15. The molecule has 2 atom stereocenters. The number of hydrogen-bond donors (Lipinski definition) is 3. The lowest BCUT2D eigenvalue weighted by atomic mass is 10.00. The van der Waals surface area contributed by atoms with Gasteiger partial charge in [-0.05, 0) is 87.3 Å². The highest BCUT2D eigenvalue weighted by Gasteiger charge is 2.40. The normalized spacial score (nSPS) is 16.3. The number of nitrogens with one attached hydrogen (secondary N) is 2. The Bertz CT molecular complexity index is 1350. The molecule has 0 unspecified atom stereocenters. The van der Waals surface area contributed by atoms with Gasteiger partial charge >= 0.3 is 5.97 Å². The van der Waals surface area contributed by atoms with Crippen molar-refractivity contribution in [3.05, 3.63) is 64.7 Å². The zero-order chi connectivity index (χ0) is 30.2. The number of benzene rings is 2. The van der Waals surface area contributed by atoms with Gasteiger partial charge in [-0.25, -0.2) is 13.2 Å². The van der Waals surface area contributed by atoms with Crippen LogP contribution < -0.4 is 5.32 Å². The number of carbonyl (C=O) groups excluding carboxylic acids is 2. The van der Waals surface area contributed by atoms with Gasteiger partial charge < -0.3 is 15.8 Å². The molecule has 1 amide bonds. The number of carboxylic acid groups (broad SMARTS) is 1. The Morgan fingerprint density at radius 2 is 1.61 bits per heavy atom. The van der Waals surface area contributed by atoms with Crippen molar-refractivity contribution in [1.82, 2.24) is 9.62 Å². The van der Waals surface area contributed by atoms with Gasteiger partial charge in [-0.3, -0.25) is 9.59 Å². The van der Waals surface area contributed by atoms with Crippen molar-refractivity contribution < 1.29 is 27.9 Å². The van der Waals surface area contributed by atoms with E-state index in [1.165, 1.54) is 4.31 Å². The quantitative estimate of drug-likeness (QED) is 0.210. The molecule has 2 aromatic rings. The molecule has 0 aliphatic carbocycles. The number of amides is 1. The van der Waals surface area contributed by atoms with Crippen LogP contribution in [-0.2, 0) is 37.2 Å². The second-order valence-electron chi connectivity index (χ2n) is 11.1. The first-order chi connectivity index (χ1) is 19.4. The van der Waals surface area contributed by atoms with Crippen LogP contribution in [0.25, 0.3) is 0 Å². The van der Waals surface area contributed by atoms with E-state index >= 15 is 0 Å². The minimum absolute atomic E-state index is 0.0261. The number of Topliss-reactive ketones (excluding diaryl/α,β-unsaturated/α-hetero) is 1. The van der Waals surface area contributed by atoms with Crippen LogP contribution in [0.1, 0.15) is 74.1 Å². The van der Waals surface area contributed by atoms with Crippen molar-refractivity contribution in [2.45, 2.75) is 95.5 Å². The number of nitrogens with zero attached hydrogens (tertiary/aromatic N) is 1. The number of hydrogen-bond acceptors (Lipinski definition) is 6. The summed E-state index contributed by atoms with van der Waals surface area (Å²) in [6.07, 6.45) is 5.03. The summed E-state index contributed by atoms with van der Waals surface area (Å²) in [6, 6.07) is 9.91. The van der Waals surface area contributed by atoms with Crippen molar-refractivity contribution in [1.29, 1.82) is 5.41 Å². The third kappa shape index (κ3) is 9.33. The van der Waals surface area contributed by atoms with Gasteiger partial charge in [-0.1, -0.05) is 36.8 Å². The van der Waals surface area contributed by atoms with Crippen LogP contribution in [0.5, 0.6) is 0 Å². The third-order valence-corrected chi connectivity index (χ3v) is 9.18. The number of aryl methyl sites for hydroxylation is 2. The second kappa shape index (κ2) is 14.5. The average Bonchev–Trinajstić information content (AvgIpc) is 3.39. The smallest absolute Gasteiger partial charge is 0.326 e. The fourth-order valence-electron chi connectivity index (χ4n) is 5.21. The molecule has 0 aromatic heterocycles. The van der Waals surface area contributed by atoms with Crippen molar-refractivity contribution in [3.8, 4) is 0 Å². The molecule has 0 bridgehead atoms. The minimum atomic E-state index is -3.93. The third-order valence-electron chi connectivity index (χ3n) is 7.29. The van der Waals surface area contributed by atoms with Crippen molar-refractivity contribution in [3.63, 3.8) is 0 Å². The van der Waals surface area contributed by atoms with E-state index in [9.17, 15) is 27.9 Å². The Balaban J connectivity index is 1.59. The van der Waals surface area contributed by atoms with Crippen LogP contribution >= 0.6 is 0 Å². The second-order valence-corrected chi connectivity index (χ2v) is 13.0. The summed E-state index contributed by atoms with van der Waals surface area (Å²) in [4.78, 5) is 37.6. The molecule has 9 nitrogen and oxygen atoms in total. The molecule has 0 radical (unpaired) electrons. The van der Waals surface area contributed by atoms with E-state index in [1.807, 2.05) is 19.9 Å². The maximum atomic E-state index is 13.4. The molecule has 3 rings (SSSR count). The number of unbranched alkanes of at least 4 members (excludes halogenated alkanes) is 2. The molecule has 1 aliphatic rings. The first-order valence-electron chi connectivity index (χ1n) is 14.1. The lowest BCUT2D eigenvalue weighted by Crippen LogP contribution is -2.51. The summed E-state index contributed by atoms with van der Waals surface area (Å²) in [5.74, 6) is -1.70. The Morgan fingerprint density at radius 1 is 1.00 bits per heavy atom. The minimum Gasteiger partial charge on any atom is -0.480 e. The molecular formula is C31H41N3O6S. The standard InChI is InChI=1S/C31H41N3O6S/c1-21-16-22(2)18-27(17-21)41(39,40)34-15-7-10-29(34)30(36)33-28(31(37)38)20-25-13-11-24(12-14-25)19-26(35)9-6-4-5-8-23(3)32/h11-14,16-18,28-29,32H,4-10,15,19-20H2,1-3H3,(H,33,36)(H,37,38)/t28-,29-/m0/s1. The van der Waals surface area contributed by atoms with Crippen LogP contribution in [0.15, 0.2) is 47.4 Å². The average molecular weight is 584 g/mol. The lowest BCUT2D eigenvalue weighted by Gasteiger charge is -2.25. The predicted molar refractivity (Wildman–Crippen MR) is 158 cm³/mol. The van der Waals surface area contributed by atoms with Crippen LogP contribution in [0.3, 0.4) is 0 Å².